The molecule has 0 bridgehead atoms. The zero-order valence-corrected chi connectivity index (χ0v) is 8.79. The van der Waals surface area contributed by atoms with E-state index in [2.05, 4.69) is 13.8 Å². The Bertz CT molecular complexity index is 143. The molecule has 1 aliphatic heterocycles. The van der Waals surface area contributed by atoms with Crippen LogP contribution in [0.1, 0.15) is 20.8 Å². The van der Waals surface area contributed by atoms with Gasteiger partial charge in [0.2, 0.25) is 0 Å². The summed E-state index contributed by atoms with van der Waals surface area (Å²) in [6, 6.07) is 0. The fourth-order valence-electron chi connectivity index (χ4n) is 1.93. The highest BCUT2D eigenvalue weighted by Gasteiger charge is 2.38. The van der Waals surface area contributed by atoms with Crippen LogP contribution in [-0.2, 0) is 9.47 Å². The molecular formula is C10H19FO2. The second kappa shape index (κ2) is 4.38. The number of methoxy groups -OCH3 is 1. The molecule has 1 fully saturated rings. The molecule has 1 saturated heterocycles. The molecule has 0 aromatic carbocycles. The van der Waals surface area contributed by atoms with Crippen LogP contribution >= 0.6 is 0 Å². The summed E-state index contributed by atoms with van der Waals surface area (Å²) in [7, 11) is 1.61. The highest BCUT2D eigenvalue weighted by Crippen LogP contribution is 2.35. The third-order valence-corrected chi connectivity index (χ3v) is 3.37. The Balaban J connectivity index is 2.66. The summed E-state index contributed by atoms with van der Waals surface area (Å²) in [6.07, 6.45) is -0.539. The molecule has 13 heavy (non-hydrogen) atoms. The van der Waals surface area contributed by atoms with Crippen molar-refractivity contribution in [1.82, 2.24) is 0 Å². The maximum Gasteiger partial charge on any atom is 0.160 e. The van der Waals surface area contributed by atoms with E-state index in [1.165, 1.54) is 0 Å². The van der Waals surface area contributed by atoms with Crippen molar-refractivity contribution >= 4 is 0 Å². The van der Waals surface area contributed by atoms with E-state index < -0.39 is 6.67 Å². The van der Waals surface area contributed by atoms with E-state index in [1.807, 2.05) is 6.92 Å². The summed E-state index contributed by atoms with van der Waals surface area (Å²) >= 11 is 0. The van der Waals surface area contributed by atoms with E-state index in [-0.39, 0.29) is 18.3 Å². The van der Waals surface area contributed by atoms with E-state index in [0.29, 0.717) is 11.8 Å². The van der Waals surface area contributed by atoms with Crippen molar-refractivity contribution in [3.63, 3.8) is 0 Å². The molecule has 0 amide bonds. The maximum atomic E-state index is 12.6. The van der Waals surface area contributed by atoms with Gasteiger partial charge in [-0.2, -0.15) is 0 Å². The van der Waals surface area contributed by atoms with E-state index in [1.54, 1.807) is 7.11 Å². The molecule has 0 aromatic rings. The Hall–Kier alpha value is -0.150. The lowest BCUT2D eigenvalue weighted by atomic mass is 9.79. The van der Waals surface area contributed by atoms with Gasteiger partial charge in [-0.05, 0) is 11.8 Å². The summed E-state index contributed by atoms with van der Waals surface area (Å²) in [4.78, 5) is 0. The lowest BCUT2D eigenvalue weighted by Gasteiger charge is -2.41. The second-order valence-corrected chi connectivity index (χ2v) is 4.01. The molecule has 0 aliphatic carbocycles. The zero-order chi connectivity index (χ0) is 10.0. The maximum absolute atomic E-state index is 12.6. The third kappa shape index (κ3) is 2.02. The first-order chi connectivity index (χ1) is 6.11. The summed E-state index contributed by atoms with van der Waals surface area (Å²) in [5, 5.41) is 0. The SMILES string of the molecule is CO[C@H]1OC(CF)[C@H](C)[C@H](C)C1C. The predicted octanol–water partition coefficient (Wildman–Crippen LogP) is 2.24. The largest absolute Gasteiger partial charge is 0.356 e. The molecule has 1 heterocycles. The average Bonchev–Trinajstić information content (AvgIpc) is 2.15. The standard InChI is InChI=1S/C10H19FO2/c1-6-7(2)9(5-11)13-10(12-4)8(6)3/h6-10H,5H2,1-4H3/t6-,7+,8?,9?,10-/m0/s1. The lowest BCUT2D eigenvalue weighted by molar-refractivity contribution is -0.239. The second-order valence-electron chi connectivity index (χ2n) is 4.01. The first-order valence-corrected chi connectivity index (χ1v) is 4.86. The van der Waals surface area contributed by atoms with Gasteiger partial charge in [0.1, 0.15) is 6.67 Å². The highest BCUT2D eigenvalue weighted by atomic mass is 19.1. The summed E-state index contributed by atoms with van der Waals surface area (Å²) < 4.78 is 23.2. The molecule has 0 aromatic heterocycles. The monoisotopic (exact) mass is 190 g/mol. The average molecular weight is 190 g/mol. The molecule has 2 unspecified atom stereocenters. The van der Waals surface area contributed by atoms with Crippen LogP contribution in [0, 0.1) is 17.8 Å². The van der Waals surface area contributed by atoms with Gasteiger partial charge in [0.25, 0.3) is 0 Å². The Morgan fingerprint density at radius 3 is 2.23 bits per heavy atom. The number of halogens is 1. The van der Waals surface area contributed by atoms with Crippen LogP contribution in [0.4, 0.5) is 4.39 Å². The molecule has 3 heteroatoms. The molecule has 1 rings (SSSR count). The van der Waals surface area contributed by atoms with Gasteiger partial charge >= 0.3 is 0 Å². The van der Waals surface area contributed by atoms with Gasteiger partial charge < -0.3 is 9.47 Å². The minimum absolute atomic E-state index is 0.244. The predicted molar refractivity (Wildman–Crippen MR) is 49.1 cm³/mol. The Morgan fingerprint density at radius 1 is 1.15 bits per heavy atom. The van der Waals surface area contributed by atoms with Crippen molar-refractivity contribution in [1.29, 1.82) is 0 Å². The van der Waals surface area contributed by atoms with E-state index in [9.17, 15) is 4.39 Å². The molecule has 1 aliphatic rings. The first kappa shape index (κ1) is 10.9. The van der Waals surface area contributed by atoms with Crippen LogP contribution in [0.2, 0.25) is 0 Å². The van der Waals surface area contributed by atoms with Crippen LogP contribution in [0.5, 0.6) is 0 Å². The molecule has 0 saturated carbocycles. The first-order valence-electron chi connectivity index (χ1n) is 4.86. The van der Waals surface area contributed by atoms with Crippen molar-refractivity contribution < 1.29 is 13.9 Å². The topological polar surface area (TPSA) is 18.5 Å². The van der Waals surface area contributed by atoms with Crippen LogP contribution in [-0.4, -0.2) is 26.2 Å². The number of hydrogen-bond donors (Lipinski definition) is 0. The van der Waals surface area contributed by atoms with Crippen molar-refractivity contribution in [3.05, 3.63) is 0 Å². The van der Waals surface area contributed by atoms with E-state index in [0.717, 1.165) is 0 Å². The number of ether oxygens (including phenoxy) is 2. The van der Waals surface area contributed by atoms with Gasteiger partial charge in [0, 0.05) is 13.0 Å². The fraction of sp³-hybridized carbons (Fsp3) is 1.00. The van der Waals surface area contributed by atoms with Crippen molar-refractivity contribution in [2.24, 2.45) is 17.8 Å². The van der Waals surface area contributed by atoms with Gasteiger partial charge in [0.05, 0.1) is 6.10 Å². The van der Waals surface area contributed by atoms with Crippen molar-refractivity contribution in [3.8, 4) is 0 Å². The van der Waals surface area contributed by atoms with Gasteiger partial charge in [-0.15, -0.1) is 0 Å². The smallest absolute Gasteiger partial charge is 0.160 e. The molecule has 5 atom stereocenters. The zero-order valence-electron chi connectivity index (χ0n) is 8.79. The Labute approximate surface area is 79.4 Å². The summed E-state index contributed by atoms with van der Waals surface area (Å²) in [6.45, 7) is 5.84. The van der Waals surface area contributed by atoms with Crippen LogP contribution in [0.15, 0.2) is 0 Å². The summed E-state index contributed by atoms with van der Waals surface area (Å²) in [5.74, 6) is 1.05. The number of hydrogen-bond acceptors (Lipinski definition) is 2. The molecule has 0 spiro atoms. The number of alkyl halides is 1. The molecule has 0 radical (unpaired) electrons. The van der Waals surface area contributed by atoms with Gasteiger partial charge in [-0.3, -0.25) is 0 Å². The Morgan fingerprint density at radius 2 is 1.77 bits per heavy atom. The van der Waals surface area contributed by atoms with E-state index >= 15 is 0 Å². The van der Waals surface area contributed by atoms with Crippen LogP contribution in [0.25, 0.3) is 0 Å². The Kier molecular flexibility index (Phi) is 3.68. The molecule has 2 nitrogen and oxygen atoms in total. The normalized spacial score (nSPS) is 46.4. The van der Waals surface area contributed by atoms with Gasteiger partial charge in [-0.1, -0.05) is 20.8 Å². The van der Waals surface area contributed by atoms with E-state index in [4.69, 9.17) is 9.47 Å². The minimum Gasteiger partial charge on any atom is -0.356 e. The third-order valence-electron chi connectivity index (χ3n) is 3.37. The highest BCUT2D eigenvalue weighted by molar-refractivity contribution is 4.82. The molecule has 0 N–H and O–H groups in total. The minimum atomic E-state index is -0.419. The van der Waals surface area contributed by atoms with Gasteiger partial charge in [0.15, 0.2) is 6.29 Å². The van der Waals surface area contributed by atoms with Crippen LogP contribution < -0.4 is 0 Å². The molecular weight excluding hydrogens is 171 g/mol. The summed E-state index contributed by atoms with van der Waals surface area (Å²) in [5.41, 5.74) is 0. The number of rotatable bonds is 2. The molecule has 78 valence electrons. The van der Waals surface area contributed by atoms with Crippen LogP contribution in [0.3, 0.4) is 0 Å². The van der Waals surface area contributed by atoms with Gasteiger partial charge in [-0.25, -0.2) is 4.39 Å². The van der Waals surface area contributed by atoms with Crippen molar-refractivity contribution in [2.45, 2.75) is 33.2 Å². The fourth-order valence-corrected chi connectivity index (χ4v) is 1.93. The quantitative estimate of drug-likeness (QED) is 0.664. The van der Waals surface area contributed by atoms with Crippen molar-refractivity contribution in [2.75, 3.05) is 13.8 Å². The lowest BCUT2D eigenvalue weighted by Crippen LogP contribution is -2.46.